The lowest BCUT2D eigenvalue weighted by atomic mass is 9.88. The number of aryl methyl sites for hydroxylation is 2. The van der Waals surface area contributed by atoms with Crippen molar-refractivity contribution >= 4 is 28.3 Å². The van der Waals surface area contributed by atoms with Gasteiger partial charge in [0, 0.05) is 21.4 Å². The average Bonchev–Trinajstić information content (AvgIpc) is 3.09. The first-order chi connectivity index (χ1) is 14.5. The summed E-state index contributed by atoms with van der Waals surface area (Å²) >= 11 is 5.92. The van der Waals surface area contributed by atoms with Crippen LogP contribution in [0.1, 0.15) is 41.5 Å². The maximum absolute atomic E-state index is 12.6. The molecule has 0 bridgehead atoms. The standard InChI is InChI=1S/C23H23ClN2O3S/c1-15-21(26-23(29-15)17-9-11-18(24)12-10-17)13-30(28)14-22(27)25-20-8-4-6-16-5-2-3-7-19(16)20/h2-3,5,7,9-12,20H,4,6,8,13-14H2,1H3,(H,25,27). The monoisotopic (exact) mass is 442 g/mol. The van der Waals surface area contributed by atoms with Gasteiger partial charge in [0.25, 0.3) is 0 Å². The van der Waals surface area contributed by atoms with Crippen molar-refractivity contribution in [3.8, 4) is 11.5 Å². The van der Waals surface area contributed by atoms with Gasteiger partial charge in [-0.25, -0.2) is 4.98 Å². The lowest BCUT2D eigenvalue weighted by Gasteiger charge is -2.26. The SMILES string of the molecule is Cc1oc(-c2ccc(Cl)cc2)nc1CS(=O)CC(=O)NC1CCCc2ccccc21. The average molecular weight is 443 g/mol. The molecule has 2 atom stereocenters. The molecule has 1 amide bonds. The predicted molar refractivity (Wildman–Crippen MR) is 119 cm³/mol. The normalized spacial score (nSPS) is 16.7. The molecule has 1 aliphatic rings. The van der Waals surface area contributed by atoms with Crippen molar-refractivity contribution < 1.29 is 13.4 Å². The molecule has 0 saturated heterocycles. The summed E-state index contributed by atoms with van der Waals surface area (Å²) in [6, 6.07) is 15.4. The van der Waals surface area contributed by atoms with E-state index in [9.17, 15) is 9.00 Å². The van der Waals surface area contributed by atoms with E-state index in [1.54, 1.807) is 19.1 Å². The van der Waals surface area contributed by atoms with E-state index in [1.165, 1.54) is 11.1 Å². The van der Waals surface area contributed by atoms with Gasteiger partial charge in [-0.05, 0) is 61.6 Å². The van der Waals surface area contributed by atoms with Crippen molar-refractivity contribution in [1.29, 1.82) is 0 Å². The van der Waals surface area contributed by atoms with Crippen LogP contribution < -0.4 is 5.32 Å². The fourth-order valence-corrected chi connectivity index (χ4v) is 4.94. The summed E-state index contributed by atoms with van der Waals surface area (Å²) in [4.78, 5) is 17.0. The van der Waals surface area contributed by atoms with Crippen LogP contribution in [0.3, 0.4) is 0 Å². The minimum absolute atomic E-state index is 0.00950. The zero-order chi connectivity index (χ0) is 21.1. The number of hydrogen-bond acceptors (Lipinski definition) is 4. The van der Waals surface area contributed by atoms with Crippen molar-refractivity contribution in [2.45, 2.75) is 38.0 Å². The smallest absolute Gasteiger partial charge is 0.233 e. The topological polar surface area (TPSA) is 72.2 Å². The van der Waals surface area contributed by atoms with Gasteiger partial charge in [0.2, 0.25) is 11.8 Å². The van der Waals surface area contributed by atoms with Crippen molar-refractivity contribution in [3.63, 3.8) is 0 Å². The summed E-state index contributed by atoms with van der Waals surface area (Å²) in [6.45, 7) is 1.79. The van der Waals surface area contributed by atoms with E-state index in [0.29, 0.717) is 22.4 Å². The van der Waals surface area contributed by atoms with Crippen molar-refractivity contribution in [2.75, 3.05) is 5.75 Å². The molecule has 156 valence electrons. The number of nitrogens with zero attached hydrogens (tertiary/aromatic N) is 1. The van der Waals surface area contributed by atoms with Gasteiger partial charge < -0.3 is 9.73 Å². The highest BCUT2D eigenvalue weighted by Crippen LogP contribution is 2.29. The lowest BCUT2D eigenvalue weighted by Crippen LogP contribution is -2.34. The minimum Gasteiger partial charge on any atom is -0.441 e. The molecular weight excluding hydrogens is 420 g/mol. The fraction of sp³-hybridized carbons (Fsp3) is 0.304. The number of halogens is 1. The second kappa shape index (κ2) is 9.14. The first-order valence-electron chi connectivity index (χ1n) is 9.94. The molecule has 7 heteroatoms. The number of benzene rings is 2. The van der Waals surface area contributed by atoms with Gasteiger partial charge in [-0.3, -0.25) is 9.00 Å². The van der Waals surface area contributed by atoms with Crippen molar-refractivity contribution in [3.05, 3.63) is 76.1 Å². The van der Waals surface area contributed by atoms with Gasteiger partial charge in [0.05, 0.1) is 17.5 Å². The van der Waals surface area contributed by atoms with Crippen LogP contribution in [-0.2, 0) is 27.8 Å². The molecule has 30 heavy (non-hydrogen) atoms. The minimum atomic E-state index is -1.38. The molecule has 0 spiro atoms. The predicted octanol–water partition coefficient (Wildman–Crippen LogP) is 4.75. The number of amides is 1. The Balaban J connectivity index is 1.37. The summed E-state index contributed by atoms with van der Waals surface area (Å²) in [5, 5.41) is 3.69. The Morgan fingerprint density at radius 2 is 2.00 bits per heavy atom. The summed E-state index contributed by atoms with van der Waals surface area (Å²) in [5.74, 6) is 0.988. The summed E-state index contributed by atoms with van der Waals surface area (Å²) in [6.07, 6.45) is 2.98. The Bertz CT molecular complexity index is 1080. The molecule has 2 unspecified atom stereocenters. The van der Waals surface area contributed by atoms with E-state index in [0.717, 1.165) is 24.8 Å². The highest BCUT2D eigenvalue weighted by atomic mass is 35.5. The van der Waals surface area contributed by atoms with Crippen LogP contribution in [0, 0.1) is 6.92 Å². The van der Waals surface area contributed by atoms with Crippen LogP contribution >= 0.6 is 11.6 Å². The van der Waals surface area contributed by atoms with Crippen molar-refractivity contribution in [1.82, 2.24) is 10.3 Å². The van der Waals surface area contributed by atoms with E-state index in [4.69, 9.17) is 16.0 Å². The summed E-state index contributed by atoms with van der Waals surface area (Å²) in [7, 11) is -1.38. The second-order valence-electron chi connectivity index (χ2n) is 7.47. The van der Waals surface area contributed by atoms with Crippen LogP contribution in [0.25, 0.3) is 11.5 Å². The third-order valence-corrected chi connectivity index (χ3v) is 6.71. The Labute approximate surface area is 183 Å². The van der Waals surface area contributed by atoms with Gasteiger partial charge in [-0.15, -0.1) is 0 Å². The molecule has 0 aliphatic heterocycles. The van der Waals surface area contributed by atoms with E-state index >= 15 is 0 Å². The molecule has 4 rings (SSSR count). The number of fused-ring (bicyclic) bond motifs is 1. The molecule has 5 nitrogen and oxygen atoms in total. The number of rotatable bonds is 6. The first kappa shape index (κ1) is 20.8. The second-order valence-corrected chi connectivity index (χ2v) is 9.36. The molecule has 1 aliphatic carbocycles. The Kier molecular flexibility index (Phi) is 6.35. The molecule has 1 N–H and O–H groups in total. The summed E-state index contributed by atoms with van der Waals surface area (Å²) in [5.41, 5.74) is 3.85. The molecule has 3 aromatic rings. The maximum Gasteiger partial charge on any atom is 0.233 e. The van der Waals surface area contributed by atoms with Crippen LogP contribution in [0.5, 0.6) is 0 Å². The number of nitrogens with one attached hydrogen (secondary N) is 1. The van der Waals surface area contributed by atoms with Crippen LogP contribution in [0.2, 0.25) is 5.02 Å². The number of oxazole rings is 1. The maximum atomic E-state index is 12.6. The quantitative estimate of drug-likeness (QED) is 0.598. The molecule has 2 aromatic carbocycles. The zero-order valence-electron chi connectivity index (χ0n) is 16.7. The van der Waals surface area contributed by atoms with E-state index in [1.807, 2.05) is 24.3 Å². The largest absolute Gasteiger partial charge is 0.441 e. The van der Waals surface area contributed by atoms with E-state index < -0.39 is 10.8 Å². The molecule has 1 aromatic heterocycles. The lowest BCUT2D eigenvalue weighted by molar-refractivity contribution is -0.119. The van der Waals surface area contributed by atoms with Gasteiger partial charge in [0.1, 0.15) is 11.5 Å². The van der Waals surface area contributed by atoms with Crippen LogP contribution in [0.4, 0.5) is 0 Å². The number of carbonyl (C=O) groups is 1. The molecule has 0 saturated carbocycles. The van der Waals surface area contributed by atoms with E-state index in [2.05, 4.69) is 22.4 Å². The third kappa shape index (κ3) is 4.82. The zero-order valence-corrected chi connectivity index (χ0v) is 18.3. The molecule has 0 fully saturated rings. The molecule has 1 heterocycles. The highest BCUT2D eigenvalue weighted by Gasteiger charge is 2.22. The van der Waals surface area contributed by atoms with Gasteiger partial charge in [-0.1, -0.05) is 35.9 Å². The van der Waals surface area contributed by atoms with Gasteiger partial charge in [-0.2, -0.15) is 0 Å². The highest BCUT2D eigenvalue weighted by molar-refractivity contribution is 7.84. The Morgan fingerprint density at radius 3 is 2.80 bits per heavy atom. The van der Waals surface area contributed by atoms with Gasteiger partial charge in [0.15, 0.2) is 0 Å². The van der Waals surface area contributed by atoms with Gasteiger partial charge >= 0.3 is 0 Å². The first-order valence-corrected chi connectivity index (χ1v) is 11.8. The Hall–Kier alpha value is -2.44. The number of carbonyl (C=O) groups excluding carboxylic acids is 1. The number of aromatic nitrogens is 1. The number of hydrogen-bond donors (Lipinski definition) is 1. The summed E-state index contributed by atoms with van der Waals surface area (Å²) < 4.78 is 18.3. The Morgan fingerprint density at radius 1 is 1.23 bits per heavy atom. The fourth-order valence-electron chi connectivity index (χ4n) is 3.77. The van der Waals surface area contributed by atoms with E-state index in [-0.39, 0.29) is 23.5 Å². The molecular formula is C23H23ClN2O3S. The van der Waals surface area contributed by atoms with Crippen LogP contribution in [-0.4, -0.2) is 20.9 Å². The van der Waals surface area contributed by atoms with Crippen LogP contribution in [0.15, 0.2) is 52.9 Å². The third-order valence-electron chi connectivity index (χ3n) is 5.28. The molecule has 0 radical (unpaired) electrons. The van der Waals surface area contributed by atoms with Crippen molar-refractivity contribution in [2.24, 2.45) is 0 Å².